The van der Waals surface area contributed by atoms with Gasteiger partial charge in [-0.1, -0.05) is 18.7 Å². The van der Waals surface area contributed by atoms with Gasteiger partial charge in [0.2, 0.25) is 11.8 Å². The van der Waals surface area contributed by atoms with Gasteiger partial charge >= 0.3 is 0 Å². The van der Waals surface area contributed by atoms with Gasteiger partial charge in [-0.15, -0.1) is 0 Å². The number of nitrogens with one attached hydrogen (secondary N) is 1. The van der Waals surface area contributed by atoms with E-state index in [2.05, 4.69) is 57.7 Å². The van der Waals surface area contributed by atoms with Crippen molar-refractivity contribution in [3.8, 4) is 22.8 Å². The zero-order chi connectivity index (χ0) is 39.3. The highest BCUT2D eigenvalue weighted by Crippen LogP contribution is 2.34. The van der Waals surface area contributed by atoms with E-state index >= 15 is 0 Å². The summed E-state index contributed by atoms with van der Waals surface area (Å²) in [5.74, 6) is -0.102. The molecule has 5 aromatic rings. The van der Waals surface area contributed by atoms with E-state index in [0.717, 1.165) is 86.0 Å². The number of pyridine rings is 2. The number of aromatic nitrogens is 3. The molecule has 3 aromatic heterocycles. The number of nitrogens with zero attached hydrogens (tertiary/aromatic N) is 4. The molecule has 1 N–H and O–H groups in total. The number of ether oxygens (including phenoxy) is 4. The van der Waals surface area contributed by atoms with Gasteiger partial charge in [0.1, 0.15) is 17.9 Å². The van der Waals surface area contributed by atoms with Crippen LogP contribution >= 0.6 is 0 Å². The molecule has 1 atom stereocenters. The molecule has 57 heavy (non-hydrogen) atoms. The summed E-state index contributed by atoms with van der Waals surface area (Å²) in [4.78, 5) is 48.5. The van der Waals surface area contributed by atoms with Crippen molar-refractivity contribution in [2.24, 2.45) is 7.05 Å². The largest absolute Gasteiger partial charge is 0.490 e. The van der Waals surface area contributed by atoms with Gasteiger partial charge in [-0.05, 0) is 93.3 Å². The molecule has 2 aromatic carbocycles. The maximum absolute atomic E-state index is 13.1. The molecule has 3 amide bonds. The summed E-state index contributed by atoms with van der Waals surface area (Å²) in [5, 5.41) is 5.01. The molecule has 3 aliphatic rings. The molecule has 2 fully saturated rings. The van der Waals surface area contributed by atoms with Gasteiger partial charge in [-0.25, -0.2) is 4.98 Å². The zero-order valence-corrected chi connectivity index (χ0v) is 32.4. The standard InChI is InChI=1S/C45H49N5O7/c1-29-9-15-40(43(51)48-29)50-44(52)36-14-12-32(26-37(36)45(50)53)57-34-24-33(25-34)55-21-7-3-5-19-54-20-6-4-8-22-56-42-16-11-31(27-47-42)30-10-13-35-38-28-46-18-17-39(38)49(2)41(35)23-30/h10-14,16-18,23,26-28,33-34,40H,1,3-9,15,19-22,24-25H2,2H3,(H,48,51). The Morgan fingerprint density at radius 3 is 2.33 bits per heavy atom. The molecule has 1 saturated carbocycles. The second-order valence-corrected chi connectivity index (χ2v) is 15.2. The lowest BCUT2D eigenvalue weighted by molar-refractivity contribution is -0.125. The number of carbonyl (C=O) groups excluding carboxylic acids is 3. The van der Waals surface area contributed by atoms with Crippen LogP contribution in [0.15, 0.2) is 85.5 Å². The van der Waals surface area contributed by atoms with E-state index in [-0.39, 0.29) is 23.7 Å². The molecule has 8 rings (SSSR count). The number of allylic oxidation sites excluding steroid dienone is 1. The van der Waals surface area contributed by atoms with Crippen LogP contribution < -0.4 is 14.8 Å². The molecule has 12 nitrogen and oxygen atoms in total. The maximum atomic E-state index is 13.1. The van der Waals surface area contributed by atoms with E-state index in [0.29, 0.717) is 48.9 Å². The number of amides is 3. The van der Waals surface area contributed by atoms with Crippen LogP contribution in [0.25, 0.3) is 32.9 Å². The second-order valence-electron chi connectivity index (χ2n) is 15.2. The van der Waals surface area contributed by atoms with Crippen LogP contribution in [0.2, 0.25) is 0 Å². The highest BCUT2D eigenvalue weighted by Gasteiger charge is 2.44. The van der Waals surface area contributed by atoms with Gasteiger partial charge in [-0.3, -0.25) is 24.3 Å². The minimum atomic E-state index is -0.829. The Bertz CT molecular complexity index is 2280. The molecule has 0 spiro atoms. The number of aryl methyl sites for hydroxylation is 1. The Labute approximate surface area is 332 Å². The van der Waals surface area contributed by atoms with Crippen LogP contribution in [0.5, 0.6) is 11.6 Å². The molecular weight excluding hydrogens is 723 g/mol. The first kappa shape index (κ1) is 38.3. The van der Waals surface area contributed by atoms with Gasteiger partial charge in [0.15, 0.2) is 0 Å². The highest BCUT2D eigenvalue weighted by atomic mass is 16.5. The number of hydrogen-bond donors (Lipinski definition) is 1. The summed E-state index contributed by atoms with van der Waals surface area (Å²) in [5.41, 5.74) is 5.69. The fourth-order valence-corrected chi connectivity index (χ4v) is 7.91. The number of benzene rings is 2. The zero-order valence-electron chi connectivity index (χ0n) is 32.4. The monoisotopic (exact) mass is 771 g/mol. The number of imide groups is 1. The number of unbranched alkanes of at least 4 members (excludes halogenated alkanes) is 4. The normalized spacial score (nSPS) is 19.2. The number of fused-ring (bicyclic) bond motifs is 4. The Morgan fingerprint density at radius 2 is 1.54 bits per heavy atom. The Hall–Kier alpha value is -5.59. The van der Waals surface area contributed by atoms with Crippen molar-refractivity contribution in [2.75, 3.05) is 26.4 Å². The van der Waals surface area contributed by atoms with Crippen LogP contribution in [0.3, 0.4) is 0 Å². The molecule has 12 heteroatoms. The average Bonchev–Trinajstić information content (AvgIpc) is 3.63. The minimum absolute atomic E-state index is 0.00300. The summed E-state index contributed by atoms with van der Waals surface area (Å²) in [6.07, 6.45) is 14.3. The van der Waals surface area contributed by atoms with Gasteiger partial charge in [0.05, 0.1) is 29.4 Å². The molecule has 2 aliphatic heterocycles. The Morgan fingerprint density at radius 1 is 0.772 bits per heavy atom. The Balaban J connectivity index is 0.639. The van der Waals surface area contributed by atoms with E-state index < -0.39 is 17.9 Å². The van der Waals surface area contributed by atoms with Crippen molar-refractivity contribution in [2.45, 2.75) is 82.5 Å². The third-order valence-electron chi connectivity index (χ3n) is 11.2. The van der Waals surface area contributed by atoms with Crippen LogP contribution in [-0.2, 0) is 21.3 Å². The second kappa shape index (κ2) is 17.3. The molecule has 0 bridgehead atoms. The Kier molecular flexibility index (Phi) is 11.6. The number of hydrogen-bond acceptors (Lipinski definition) is 9. The average molecular weight is 772 g/mol. The third kappa shape index (κ3) is 8.43. The number of carbonyl (C=O) groups is 3. The summed E-state index contributed by atoms with van der Waals surface area (Å²) in [6.45, 7) is 6.62. The third-order valence-corrected chi connectivity index (χ3v) is 11.2. The van der Waals surface area contributed by atoms with Gasteiger partial charge in [0.25, 0.3) is 11.8 Å². The first-order valence-corrected chi connectivity index (χ1v) is 20.1. The van der Waals surface area contributed by atoms with Crippen molar-refractivity contribution in [3.05, 3.63) is 96.6 Å². The van der Waals surface area contributed by atoms with Crippen LogP contribution in [-0.4, -0.2) is 81.8 Å². The molecule has 0 radical (unpaired) electrons. The number of rotatable bonds is 18. The van der Waals surface area contributed by atoms with E-state index in [1.807, 2.05) is 30.7 Å². The molecule has 1 saturated heterocycles. The fourth-order valence-electron chi connectivity index (χ4n) is 7.91. The van der Waals surface area contributed by atoms with Crippen LogP contribution in [0.4, 0.5) is 0 Å². The predicted molar refractivity (Wildman–Crippen MR) is 216 cm³/mol. The predicted octanol–water partition coefficient (Wildman–Crippen LogP) is 7.54. The number of piperidine rings is 1. The highest BCUT2D eigenvalue weighted by molar-refractivity contribution is 6.23. The topological polar surface area (TPSA) is 134 Å². The van der Waals surface area contributed by atoms with E-state index in [1.54, 1.807) is 18.2 Å². The van der Waals surface area contributed by atoms with Crippen LogP contribution in [0, 0.1) is 0 Å². The summed E-state index contributed by atoms with van der Waals surface area (Å²) >= 11 is 0. The summed E-state index contributed by atoms with van der Waals surface area (Å²) in [6, 6.07) is 16.7. The first-order valence-electron chi connectivity index (χ1n) is 20.1. The minimum Gasteiger partial charge on any atom is -0.490 e. The summed E-state index contributed by atoms with van der Waals surface area (Å²) < 4.78 is 26.1. The molecule has 296 valence electrons. The molecule has 1 aliphatic carbocycles. The van der Waals surface area contributed by atoms with Gasteiger partial charge < -0.3 is 28.8 Å². The van der Waals surface area contributed by atoms with E-state index in [4.69, 9.17) is 18.9 Å². The lowest BCUT2D eigenvalue weighted by atomic mass is 9.92. The van der Waals surface area contributed by atoms with E-state index in [9.17, 15) is 14.4 Å². The first-order chi connectivity index (χ1) is 27.8. The quantitative estimate of drug-likeness (QED) is 0.0709. The van der Waals surface area contributed by atoms with Crippen molar-refractivity contribution in [1.29, 1.82) is 0 Å². The maximum Gasteiger partial charge on any atom is 0.262 e. The summed E-state index contributed by atoms with van der Waals surface area (Å²) in [7, 11) is 2.09. The smallest absolute Gasteiger partial charge is 0.262 e. The molecular formula is C45H49N5O7. The van der Waals surface area contributed by atoms with Crippen molar-refractivity contribution < 1.29 is 33.3 Å². The van der Waals surface area contributed by atoms with Crippen molar-refractivity contribution in [3.63, 3.8) is 0 Å². The van der Waals surface area contributed by atoms with Gasteiger partial charge in [-0.2, -0.15) is 0 Å². The fraction of sp³-hybridized carbons (Fsp3) is 0.400. The van der Waals surface area contributed by atoms with Crippen molar-refractivity contribution in [1.82, 2.24) is 24.8 Å². The lowest BCUT2D eigenvalue weighted by Crippen LogP contribution is -2.51. The SMILES string of the molecule is C=C1CCC(N2C(=O)c3ccc(OC4CC(OCCCCCOCCCCCOc5ccc(-c6ccc7c8cnccc8n(C)c7c6)cn5)C4)cc3C2=O)C(=O)N1. The van der Waals surface area contributed by atoms with Gasteiger partial charge in [0, 0.05) is 91.9 Å². The van der Waals surface area contributed by atoms with E-state index in [1.165, 1.54) is 16.4 Å². The molecule has 1 unspecified atom stereocenters. The van der Waals surface area contributed by atoms with Crippen molar-refractivity contribution >= 4 is 39.5 Å². The lowest BCUT2D eigenvalue weighted by Gasteiger charge is -2.35. The molecule has 5 heterocycles. The van der Waals surface area contributed by atoms with Crippen LogP contribution in [0.1, 0.15) is 84.9 Å².